The number of likely N-dealkylation sites (N-methyl/N-ethyl adjacent to an activating group) is 1. The predicted molar refractivity (Wildman–Crippen MR) is 86.9 cm³/mol. The molecule has 1 atom stereocenters. The zero-order valence-electron chi connectivity index (χ0n) is 14.0. The van der Waals surface area contributed by atoms with Gasteiger partial charge in [0, 0.05) is 43.3 Å². The van der Waals surface area contributed by atoms with Gasteiger partial charge in [0.15, 0.2) is 0 Å². The number of carbonyl (C=O) groups excluding carboxylic acids is 1. The van der Waals surface area contributed by atoms with Crippen LogP contribution in [-0.4, -0.2) is 62.1 Å². The third-order valence-corrected chi connectivity index (χ3v) is 4.69. The molecule has 0 aliphatic carbocycles. The maximum atomic E-state index is 12.7. The number of H-pyrrole nitrogens is 2. The van der Waals surface area contributed by atoms with Gasteiger partial charge in [-0.15, -0.1) is 0 Å². The highest BCUT2D eigenvalue weighted by Gasteiger charge is 2.31. The maximum Gasteiger partial charge on any atom is 0.227 e. The number of hydrogen-bond acceptors (Lipinski definition) is 4. The van der Waals surface area contributed by atoms with E-state index in [1.807, 2.05) is 24.9 Å². The summed E-state index contributed by atoms with van der Waals surface area (Å²) in [6, 6.07) is 0.138. The highest BCUT2D eigenvalue weighted by Crippen LogP contribution is 2.23. The molecule has 2 aromatic heterocycles. The van der Waals surface area contributed by atoms with Crippen LogP contribution >= 0.6 is 0 Å². The first-order valence-electron chi connectivity index (χ1n) is 8.11. The van der Waals surface area contributed by atoms with Crippen molar-refractivity contribution in [2.24, 2.45) is 0 Å². The van der Waals surface area contributed by atoms with E-state index in [0.29, 0.717) is 13.0 Å². The van der Waals surface area contributed by atoms with Crippen molar-refractivity contribution in [3.63, 3.8) is 0 Å². The Bertz CT molecular complexity index is 643. The van der Waals surface area contributed by atoms with Crippen LogP contribution in [0.2, 0.25) is 0 Å². The molecule has 0 spiro atoms. The number of aromatic amines is 2. The summed E-state index contributed by atoms with van der Waals surface area (Å²) in [4.78, 5) is 24.6. The third kappa shape index (κ3) is 3.14. The highest BCUT2D eigenvalue weighted by atomic mass is 16.2. The van der Waals surface area contributed by atoms with Crippen molar-refractivity contribution in [3.05, 3.63) is 35.2 Å². The SMILES string of the molecule is CCN1CCN(C(=O)Cc2c(C)n[nH]c2C)CC1c1ncc[nH]1. The van der Waals surface area contributed by atoms with E-state index in [1.54, 1.807) is 6.20 Å². The highest BCUT2D eigenvalue weighted by molar-refractivity contribution is 5.79. The first-order chi connectivity index (χ1) is 11.1. The Morgan fingerprint density at radius 2 is 2.22 bits per heavy atom. The fourth-order valence-corrected chi connectivity index (χ4v) is 3.24. The van der Waals surface area contributed by atoms with Crippen LogP contribution in [-0.2, 0) is 11.2 Å². The first kappa shape index (κ1) is 15.7. The molecule has 0 radical (unpaired) electrons. The number of carbonyl (C=O) groups is 1. The summed E-state index contributed by atoms with van der Waals surface area (Å²) in [6.45, 7) is 9.31. The van der Waals surface area contributed by atoms with Crippen LogP contribution in [0.4, 0.5) is 0 Å². The number of rotatable bonds is 4. The number of nitrogens with one attached hydrogen (secondary N) is 2. The van der Waals surface area contributed by atoms with Gasteiger partial charge in [-0.1, -0.05) is 6.92 Å². The second kappa shape index (κ2) is 6.54. The normalized spacial score (nSPS) is 19.3. The molecule has 7 heteroatoms. The van der Waals surface area contributed by atoms with E-state index < -0.39 is 0 Å². The van der Waals surface area contributed by atoms with Crippen molar-refractivity contribution in [3.8, 4) is 0 Å². The Morgan fingerprint density at radius 3 is 2.83 bits per heavy atom. The van der Waals surface area contributed by atoms with Gasteiger partial charge in [0.05, 0.1) is 18.2 Å². The monoisotopic (exact) mass is 316 g/mol. The molecule has 1 saturated heterocycles. The summed E-state index contributed by atoms with van der Waals surface area (Å²) >= 11 is 0. The van der Waals surface area contributed by atoms with E-state index in [0.717, 1.165) is 42.4 Å². The molecule has 2 N–H and O–H groups in total. The smallest absolute Gasteiger partial charge is 0.227 e. The minimum absolute atomic E-state index is 0.138. The average molecular weight is 316 g/mol. The summed E-state index contributed by atoms with van der Waals surface area (Å²) in [7, 11) is 0. The van der Waals surface area contributed by atoms with Crippen LogP contribution in [0.25, 0.3) is 0 Å². The van der Waals surface area contributed by atoms with Gasteiger partial charge in [0.25, 0.3) is 0 Å². The fourth-order valence-electron chi connectivity index (χ4n) is 3.24. The molecule has 7 nitrogen and oxygen atoms in total. The molecule has 3 rings (SSSR count). The van der Waals surface area contributed by atoms with E-state index in [4.69, 9.17) is 0 Å². The van der Waals surface area contributed by atoms with Crippen molar-refractivity contribution in [2.75, 3.05) is 26.2 Å². The van der Waals surface area contributed by atoms with Crippen molar-refractivity contribution < 1.29 is 4.79 Å². The molecule has 2 aromatic rings. The molecule has 1 aliphatic rings. The molecule has 23 heavy (non-hydrogen) atoms. The summed E-state index contributed by atoms with van der Waals surface area (Å²) in [6.07, 6.45) is 4.01. The van der Waals surface area contributed by atoms with Gasteiger partial charge in [0.2, 0.25) is 5.91 Å². The van der Waals surface area contributed by atoms with Gasteiger partial charge in [-0.3, -0.25) is 14.8 Å². The zero-order valence-corrected chi connectivity index (χ0v) is 14.0. The number of aryl methyl sites for hydroxylation is 2. The van der Waals surface area contributed by atoms with Gasteiger partial charge in [-0.25, -0.2) is 4.98 Å². The van der Waals surface area contributed by atoms with Crippen LogP contribution in [0.3, 0.4) is 0 Å². The van der Waals surface area contributed by atoms with Gasteiger partial charge in [-0.2, -0.15) is 5.10 Å². The number of imidazole rings is 1. The summed E-state index contributed by atoms with van der Waals surface area (Å²) in [5, 5.41) is 7.12. The Labute approximate surface area is 136 Å². The molecule has 1 amide bonds. The second-order valence-electron chi connectivity index (χ2n) is 6.05. The second-order valence-corrected chi connectivity index (χ2v) is 6.05. The number of hydrogen-bond donors (Lipinski definition) is 2. The maximum absolute atomic E-state index is 12.7. The molecule has 0 bridgehead atoms. The van der Waals surface area contributed by atoms with Gasteiger partial charge in [0.1, 0.15) is 5.82 Å². The zero-order chi connectivity index (χ0) is 16.4. The minimum atomic E-state index is 0.138. The van der Waals surface area contributed by atoms with Crippen molar-refractivity contribution in [2.45, 2.75) is 33.2 Å². The molecule has 1 fully saturated rings. The summed E-state index contributed by atoms with van der Waals surface area (Å²) < 4.78 is 0. The summed E-state index contributed by atoms with van der Waals surface area (Å²) in [5.74, 6) is 1.09. The average Bonchev–Trinajstić information content (AvgIpc) is 3.20. The number of aromatic nitrogens is 4. The van der Waals surface area contributed by atoms with E-state index in [-0.39, 0.29) is 11.9 Å². The lowest BCUT2D eigenvalue weighted by Crippen LogP contribution is -2.51. The molecule has 0 aromatic carbocycles. The Hall–Kier alpha value is -2.15. The topological polar surface area (TPSA) is 80.9 Å². The number of nitrogens with zero attached hydrogens (tertiary/aromatic N) is 4. The van der Waals surface area contributed by atoms with Crippen LogP contribution in [0, 0.1) is 13.8 Å². The third-order valence-electron chi connectivity index (χ3n) is 4.69. The Kier molecular flexibility index (Phi) is 4.47. The molecule has 3 heterocycles. The molecule has 0 saturated carbocycles. The molecule has 124 valence electrons. The van der Waals surface area contributed by atoms with E-state index in [9.17, 15) is 4.79 Å². The quantitative estimate of drug-likeness (QED) is 0.888. The lowest BCUT2D eigenvalue weighted by atomic mass is 10.1. The van der Waals surface area contributed by atoms with Crippen molar-refractivity contribution in [1.29, 1.82) is 0 Å². The van der Waals surface area contributed by atoms with E-state index >= 15 is 0 Å². The van der Waals surface area contributed by atoms with Crippen molar-refractivity contribution >= 4 is 5.91 Å². The predicted octanol–water partition coefficient (Wildman–Crippen LogP) is 1.20. The minimum Gasteiger partial charge on any atom is -0.347 e. The molecular weight excluding hydrogens is 292 g/mol. The van der Waals surface area contributed by atoms with Gasteiger partial charge < -0.3 is 9.88 Å². The molecule has 1 aliphatic heterocycles. The standard InChI is InChI=1S/C16H24N6O/c1-4-21-7-8-22(10-14(21)16-17-5-6-18-16)15(23)9-13-11(2)19-20-12(13)3/h5-6,14H,4,7-10H2,1-3H3,(H,17,18)(H,19,20). The Balaban J connectivity index is 1.72. The van der Waals surface area contributed by atoms with Gasteiger partial charge >= 0.3 is 0 Å². The molecule has 1 unspecified atom stereocenters. The lowest BCUT2D eigenvalue weighted by Gasteiger charge is -2.40. The summed E-state index contributed by atoms with van der Waals surface area (Å²) in [5.41, 5.74) is 2.90. The first-order valence-corrected chi connectivity index (χ1v) is 8.11. The Morgan fingerprint density at radius 1 is 1.39 bits per heavy atom. The molecular formula is C16H24N6O. The van der Waals surface area contributed by atoms with Crippen molar-refractivity contribution in [1.82, 2.24) is 30.0 Å². The number of piperazine rings is 1. The van der Waals surface area contributed by atoms with Crippen LogP contribution in [0.1, 0.15) is 35.7 Å². The number of amides is 1. The van der Waals surface area contributed by atoms with E-state index in [1.165, 1.54) is 0 Å². The van der Waals surface area contributed by atoms with Crippen LogP contribution in [0.15, 0.2) is 12.4 Å². The van der Waals surface area contributed by atoms with Crippen LogP contribution < -0.4 is 0 Å². The van der Waals surface area contributed by atoms with E-state index in [2.05, 4.69) is 32.0 Å². The lowest BCUT2D eigenvalue weighted by molar-refractivity contribution is -0.133. The largest absolute Gasteiger partial charge is 0.347 e. The van der Waals surface area contributed by atoms with Crippen LogP contribution in [0.5, 0.6) is 0 Å². The van der Waals surface area contributed by atoms with Gasteiger partial charge in [-0.05, 0) is 20.4 Å². The fraction of sp³-hybridized carbons (Fsp3) is 0.562.